The highest BCUT2D eigenvalue weighted by molar-refractivity contribution is 6.29. The van der Waals surface area contributed by atoms with E-state index in [0.717, 1.165) is 5.56 Å². The third-order valence-electron chi connectivity index (χ3n) is 2.41. The third-order valence-corrected chi connectivity index (χ3v) is 2.62. The molecular formula is C13H11ClN2O2. The number of carbonyl (C=O) groups is 1. The van der Waals surface area contributed by atoms with Crippen LogP contribution in [-0.4, -0.2) is 16.0 Å². The van der Waals surface area contributed by atoms with Crippen LogP contribution < -0.4 is 5.32 Å². The van der Waals surface area contributed by atoms with E-state index in [9.17, 15) is 9.90 Å². The summed E-state index contributed by atoms with van der Waals surface area (Å²) in [7, 11) is 0. The van der Waals surface area contributed by atoms with Crippen LogP contribution in [0.3, 0.4) is 0 Å². The molecule has 1 heterocycles. The van der Waals surface area contributed by atoms with E-state index in [1.54, 1.807) is 37.3 Å². The molecule has 0 saturated carbocycles. The van der Waals surface area contributed by atoms with Crippen LogP contribution in [0.4, 0.5) is 5.69 Å². The molecule has 0 atom stereocenters. The van der Waals surface area contributed by atoms with Gasteiger partial charge in [-0.05, 0) is 42.8 Å². The zero-order valence-corrected chi connectivity index (χ0v) is 10.4. The number of rotatable bonds is 2. The van der Waals surface area contributed by atoms with Gasteiger partial charge in [0.15, 0.2) is 0 Å². The normalized spacial score (nSPS) is 10.1. The molecule has 5 heteroatoms. The predicted molar refractivity (Wildman–Crippen MR) is 70.0 cm³/mol. The minimum Gasteiger partial charge on any atom is -0.508 e. The van der Waals surface area contributed by atoms with Crippen LogP contribution >= 0.6 is 11.6 Å². The first-order chi connectivity index (χ1) is 8.56. The van der Waals surface area contributed by atoms with Crippen molar-refractivity contribution in [1.82, 2.24) is 4.98 Å². The number of pyridine rings is 1. The number of phenolic OH excluding ortho intramolecular Hbond substituents is 1. The van der Waals surface area contributed by atoms with Gasteiger partial charge in [0, 0.05) is 5.69 Å². The summed E-state index contributed by atoms with van der Waals surface area (Å²) in [5.41, 5.74) is 1.64. The summed E-state index contributed by atoms with van der Waals surface area (Å²) >= 11 is 5.72. The van der Waals surface area contributed by atoms with Crippen molar-refractivity contribution in [3.63, 3.8) is 0 Å². The van der Waals surface area contributed by atoms with Gasteiger partial charge in [-0.15, -0.1) is 0 Å². The number of amides is 1. The molecule has 1 aromatic heterocycles. The van der Waals surface area contributed by atoms with Crippen LogP contribution in [0.15, 0.2) is 36.4 Å². The first-order valence-corrected chi connectivity index (χ1v) is 5.67. The van der Waals surface area contributed by atoms with Gasteiger partial charge in [0.25, 0.3) is 5.91 Å². The van der Waals surface area contributed by atoms with E-state index in [0.29, 0.717) is 5.69 Å². The number of aromatic hydroxyl groups is 1. The van der Waals surface area contributed by atoms with E-state index >= 15 is 0 Å². The second-order valence-corrected chi connectivity index (χ2v) is 4.19. The lowest BCUT2D eigenvalue weighted by atomic mass is 10.2. The van der Waals surface area contributed by atoms with Crippen molar-refractivity contribution >= 4 is 23.2 Å². The van der Waals surface area contributed by atoms with Crippen LogP contribution in [0.5, 0.6) is 5.75 Å². The van der Waals surface area contributed by atoms with Crippen LogP contribution in [0, 0.1) is 6.92 Å². The predicted octanol–water partition coefficient (Wildman–Crippen LogP) is 3.00. The summed E-state index contributed by atoms with van der Waals surface area (Å²) in [6.45, 7) is 1.79. The Balaban J connectivity index is 2.21. The zero-order chi connectivity index (χ0) is 13.1. The van der Waals surface area contributed by atoms with Crippen molar-refractivity contribution in [2.24, 2.45) is 0 Å². The first-order valence-electron chi connectivity index (χ1n) is 5.30. The number of aromatic nitrogens is 1. The maximum atomic E-state index is 11.9. The van der Waals surface area contributed by atoms with Crippen LogP contribution in [-0.2, 0) is 0 Å². The van der Waals surface area contributed by atoms with Gasteiger partial charge in [-0.2, -0.15) is 0 Å². The molecule has 0 bridgehead atoms. The van der Waals surface area contributed by atoms with E-state index in [-0.39, 0.29) is 22.5 Å². The van der Waals surface area contributed by atoms with E-state index in [4.69, 9.17) is 11.6 Å². The SMILES string of the molecule is Cc1cc(O)ccc1NC(=O)c1cccc(Cl)n1. The molecule has 0 aliphatic heterocycles. The van der Waals surface area contributed by atoms with Gasteiger partial charge < -0.3 is 10.4 Å². The van der Waals surface area contributed by atoms with Gasteiger partial charge in [-0.3, -0.25) is 4.79 Å². The number of nitrogens with one attached hydrogen (secondary N) is 1. The Kier molecular flexibility index (Phi) is 3.48. The van der Waals surface area contributed by atoms with Crippen molar-refractivity contribution in [1.29, 1.82) is 0 Å². The van der Waals surface area contributed by atoms with Gasteiger partial charge in [0.2, 0.25) is 0 Å². The molecule has 2 aromatic rings. The minimum atomic E-state index is -0.341. The monoisotopic (exact) mass is 262 g/mol. The molecule has 4 nitrogen and oxygen atoms in total. The standard InChI is InChI=1S/C13H11ClN2O2/c1-8-7-9(17)5-6-10(8)16-13(18)11-3-2-4-12(14)15-11/h2-7,17H,1H3,(H,16,18). The summed E-state index contributed by atoms with van der Waals surface area (Å²) in [6, 6.07) is 9.55. The van der Waals surface area contributed by atoms with E-state index in [1.165, 1.54) is 6.07 Å². The molecule has 1 amide bonds. The molecule has 0 spiro atoms. The maximum Gasteiger partial charge on any atom is 0.274 e. The molecule has 1 aromatic carbocycles. The number of benzene rings is 1. The number of hydrogen-bond acceptors (Lipinski definition) is 3. The van der Waals surface area contributed by atoms with Crippen molar-refractivity contribution < 1.29 is 9.90 Å². The zero-order valence-electron chi connectivity index (χ0n) is 9.64. The number of anilines is 1. The topological polar surface area (TPSA) is 62.2 Å². The molecule has 18 heavy (non-hydrogen) atoms. The smallest absolute Gasteiger partial charge is 0.274 e. The fraction of sp³-hybridized carbons (Fsp3) is 0.0769. The largest absolute Gasteiger partial charge is 0.508 e. The highest BCUT2D eigenvalue weighted by Gasteiger charge is 2.09. The first kappa shape index (κ1) is 12.4. The Morgan fingerprint density at radius 1 is 1.33 bits per heavy atom. The lowest BCUT2D eigenvalue weighted by molar-refractivity contribution is 0.102. The Morgan fingerprint density at radius 2 is 2.11 bits per heavy atom. The molecular weight excluding hydrogens is 252 g/mol. The van der Waals surface area contributed by atoms with Crippen LogP contribution in [0.2, 0.25) is 5.15 Å². The number of hydrogen-bond donors (Lipinski definition) is 2. The highest BCUT2D eigenvalue weighted by Crippen LogP contribution is 2.20. The van der Waals surface area contributed by atoms with Crippen molar-refractivity contribution in [3.05, 3.63) is 52.8 Å². The second-order valence-electron chi connectivity index (χ2n) is 3.80. The quantitative estimate of drug-likeness (QED) is 0.646. The van der Waals surface area contributed by atoms with E-state index < -0.39 is 0 Å². The number of carbonyl (C=O) groups excluding carboxylic acids is 1. The van der Waals surface area contributed by atoms with Crippen molar-refractivity contribution in [2.45, 2.75) is 6.92 Å². The molecule has 92 valence electrons. The molecule has 0 aliphatic rings. The van der Waals surface area contributed by atoms with E-state index in [2.05, 4.69) is 10.3 Å². The third kappa shape index (κ3) is 2.78. The maximum absolute atomic E-state index is 11.9. The lowest BCUT2D eigenvalue weighted by Crippen LogP contribution is -2.14. The highest BCUT2D eigenvalue weighted by atomic mass is 35.5. The molecule has 2 rings (SSSR count). The Hall–Kier alpha value is -2.07. The minimum absolute atomic E-state index is 0.159. The number of aryl methyl sites for hydroxylation is 1. The van der Waals surface area contributed by atoms with Gasteiger partial charge >= 0.3 is 0 Å². The molecule has 0 radical (unpaired) electrons. The van der Waals surface area contributed by atoms with Gasteiger partial charge in [0.1, 0.15) is 16.6 Å². The Morgan fingerprint density at radius 3 is 2.78 bits per heavy atom. The number of phenols is 1. The van der Waals surface area contributed by atoms with Crippen molar-refractivity contribution in [2.75, 3.05) is 5.32 Å². The number of nitrogens with zero attached hydrogens (tertiary/aromatic N) is 1. The lowest BCUT2D eigenvalue weighted by Gasteiger charge is -2.08. The fourth-order valence-electron chi connectivity index (χ4n) is 1.51. The molecule has 0 unspecified atom stereocenters. The summed E-state index contributed by atoms with van der Waals surface area (Å²) in [5, 5.41) is 12.3. The molecule has 0 saturated heterocycles. The van der Waals surface area contributed by atoms with Gasteiger partial charge in [-0.1, -0.05) is 17.7 Å². The summed E-state index contributed by atoms with van der Waals surface area (Å²) in [5.74, 6) is -0.183. The van der Waals surface area contributed by atoms with Crippen LogP contribution in [0.1, 0.15) is 16.1 Å². The fourth-order valence-corrected chi connectivity index (χ4v) is 1.67. The second kappa shape index (κ2) is 5.06. The Labute approximate surface area is 109 Å². The van der Waals surface area contributed by atoms with Crippen molar-refractivity contribution in [3.8, 4) is 5.75 Å². The summed E-state index contributed by atoms with van der Waals surface area (Å²) in [6.07, 6.45) is 0. The summed E-state index contributed by atoms with van der Waals surface area (Å²) < 4.78 is 0. The summed E-state index contributed by atoms with van der Waals surface area (Å²) in [4.78, 5) is 15.8. The average molecular weight is 263 g/mol. The molecule has 0 aliphatic carbocycles. The van der Waals surface area contributed by atoms with Gasteiger partial charge in [0.05, 0.1) is 0 Å². The molecule has 2 N–H and O–H groups in total. The molecule has 0 fully saturated rings. The van der Waals surface area contributed by atoms with Gasteiger partial charge in [-0.25, -0.2) is 4.98 Å². The van der Waals surface area contributed by atoms with E-state index in [1.807, 2.05) is 0 Å². The number of halogens is 1. The van der Waals surface area contributed by atoms with Crippen LogP contribution in [0.25, 0.3) is 0 Å². The average Bonchev–Trinajstić information content (AvgIpc) is 2.32. The Bertz CT molecular complexity index is 599.